The summed E-state index contributed by atoms with van der Waals surface area (Å²) in [7, 11) is 3.86. The summed E-state index contributed by atoms with van der Waals surface area (Å²) in [6.07, 6.45) is 3.79. The van der Waals surface area contributed by atoms with Gasteiger partial charge in [0.25, 0.3) is 0 Å². The Labute approximate surface area is 98.8 Å². The molecule has 0 aromatic heterocycles. The Bertz CT molecular complexity index is 212. The van der Waals surface area contributed by atoms with Crippen molar-refractivity contribution < 1.29 is 4.79 Å². The Balaban J connectivity index is 2.09. The fraction of sp³-hybridized carbons (Fsp3) is 0.917. The lowest BCUT2D eigenvalue weighted by molar-refractivity contribution is -0.122. The Morgan fingerprint density at radius 2 is 2.06 bits per heavy atom. The molecule has 0 saturated carbocycles. The van der Waals surface area contributed by atoms with Crippen molar-refractivity contribution in [3.05, 3.63) is 0 Å². The third-order valence-corrected chi connectivity index (χ3v) is 3.48. The molecule has 1 saturated heterocycles. The molecule has 0 aromatic carbocycles. The van der Waals surface area contributed by atoms with Crippen LogP contribution in [-0.2, 0) is 4.79 Å². The first-order valence-electron chi connectivity index (χ1n) is 6.27. The average molecular weight is 227 g/mol. The van der Waals surface area contributed by atoms with Crippen LogP contribution in [0.3, 0.4) is 0 Å². The molecule has 1 amide bonds. The number of nitrogens with one attached hydrogen (secondary N) is 2. The number of rotatable bonds is 5. The summed E-state index contributed by atoms with van der Waals surface area (Å²) < 4.78 is 0. The number of nitrogens with zero attached hydrogens (tertiary/aromatic N) is 1. The molecule has 0 aliphatic carbocycles. The highest BCUT2D eigenvalue weighted by molar-refractivity contribution is 5.80. The van der Waals surface area contributed by atoms with Gasteiger partial charge in [0.2, 0.25) is 5.91 Å². The van der Waals surface area contributed by atoms with E-state index in [0.717, 1.165) is 12.5 Å². The highest BCUT2D eigenvalue weighted by Gasteiger charge is 2.17. The molecule has 0 radical (unpaired) electrons. The first-order chi connectivity index (χ1) is 7.63. The number of piperidine rings is 1. The summed E-state index contributed by atoms with van der Waals surface area (Å²) in [4.78, 5) is 13.6. The lowest BCUT2D eigenvalue weighted by atomic mass is 9.94. The van der Waals surface area contributed by atoms with Crippen molar-refractivity contribution in [2.75, 3.05) is 33.7 Å². The summed E-state index contributed by atoms with van der Waals surface area (Å²) >= 11 is 0. The second-order valence-electron chi connectivity index (χ2n) is 4.83. The van der Waals surface area contributed by atoms with Gasteiger partial charge in [0, 0.05) is 7.05 Å². The zero-order chi connectivity index (χ0) is 12.0. The van der Waals surface area contributed by atoms with Crippen LogP contribution in [0.4, 0.5) is 0 Å². The number of likely N-dealkylation sites (N-methyl/N-ethyl adjacent to an activating group) is 1. The Morgan fingerprint density at radius 1 is 1.44 bits per heavy atom. The fourth-order valence-corrected chi connectivity index (χ4v) is 2.16. The van der Waals surface area contributed by atoms with Crippen molar-refractivity contribution in [1.82, 2.24) is 15.5 Å². The standard InChI is InChI=1S/C12H25N3O/c1-10(12(16)13-2)14-7-4-11-5-8-15(3)9-6-11/h10-11,14H,4-9H2,1-3H3,(H,13,16). The maximum Gasteiger partial charge on any atom is 0.236 e. The maximum absolute atomic E-state index is 11.3. The quantitative estimate of drug-likeness (QED) is 0.716. The van der Waals surface area contributed by atoms with Crippen LogP contribution in [0, 0.1) is 5.92 Å². The molecule has 1 aliphatic rings. The summed E-state index contributed by atoms with van der Waals surface area (Å²) in [6, 6.07) is -0.0729. The Morgan fingerprint density at radius 3 is 2.62 bits per heavy atom. The smallest absolute Gasteiger partial charge is 0.236 e. The number of hydrogen-bond acceptors (Lipinski definition) is 3. The largest absolute Gasteiger partial charge is 0.358 e. The van der Waals surface area contributed by atoms with Crippen LogP contribution in [0.25, 0.3) is 0 Å². The predicted octanol–water partition coefficient (Wildman–Crippen LogP) is 0.442. The molecule has 0 bridgehead atoms. The molecular formula is C12H25N3O. The third kappa shape index (κ3) is 4.49. The zero-order valence-electron chi connectivity index (χ0n) is 10.8. The molecule has 0 aromatic rings. The van der Waals surface area contributed by atoms with Crippen molar-refractivity contribution >= 4 is 5.91 Å². The highest BCUT2D eigenvalue weighted by Crippen LogP contribution is 2.18. The van der Waals surface area contributed by atoms with Crippen LogP contribution in [0.2, 0.25) is 0 Å². The molecule has 0 spiro atoms. The predicted molar refractivity (Wildman–Crippen MR) is 66.4 cm³/mol. The van der Waals surface area contributed by atoms with Gasteiger partial charge in [-0.15, -0.1) is 0 Å². The van der Waals surface area contributed by atoms with E-state index in [0.29, 0.717) is 0 Å². The summed E-state index contributed by atoms with van der Waals surface area (Å²) in [5, 5.41) is 5.92. The molecule has 1 rings (SSSR count). The molecule has 1 atom stereocenters. The third-order valence-electron chi connectivity index (χ3n) is 3.48. The van der Waals surface area contributed by atoms with Crippen molar-refractivity contribution in [1.29, 1.82) is 0 Å². The molecule has 4 nitrogen and oxygen atoms in total. The van der Waals surface area contributed by atoms with E-state index in [4.69, 9.17) is 0 Å². The molecular weight excluding hydrogens is 202 g/mol. The molecule has 1 fully saturated rings. The van der Waals surface area contributed by atoms with E-state index in [1.807, 2.05) is 6.92 Å². The van der Waals surface area contributed by atoms with Crippen LogP contribution in [-0.4, -0.2) is 50.6 Å². The summed E-state index contributed by atoms with van der Waals surface area (Å²) in [5.74, 6) is 0.906. The van der Waals surface area contributed by atoms with Crippen LogP contribution in [0.1, 0.15) is 26.2 Å². The van der Waals surface area contributed by atoms with Gasteiger partial charge in [0.05, 0.1) is 6.04 Å². The minimum Gasteiger partial charge on any atom is -0.358 e. The van der Waals surface area contributed by atoms with Crippen LogP contribution in [0.15, 0.2) is 0 Å². The van der Waals surface area contributed by atoms with Gasteiger partial charge in [-0.1, -0.05) is 0 Å². The lowest BCUT2D eigenvalue weighted by Crippen LogP contribution is -2.41. The van der Waals surface area contributed by atoms with Crippen LogP contribution in [0.5, 0.6) is 0 Å². The first kappa shape index (κ1) is 13.5. The van der Waals surface area contributed by atoms with E-state index in [-0.39, 0.29) is 11.9 Å². The number of carbonyl (C=O) groups is 1. The topological polar surface area (TPSA) is 44.4 Å². The number of hydrogen-bond donors (Lipinski definition) is 2. The SMILES string of the molecule is CNC(=O)C(C)NCCC1CCN(C)CC1. The van der Waals surface area contributed by atoms with Gasteiger partial charge in [-0.25, -0.2) is 0 Å². The van der Waals surface area contributed by atoms with Crippen molar-refractivity contribution in [3.8, 4) is 0 Å². The van der Waals surface area contributed by atoms with Gasteiger partial charge in [-0.3, -0.25) is 4.79 Å². The number of carbonyl (C=O) groups excluding carboxylic acids is 1. The van der Waals surface area contributed by atoms with Gasteiger partial charge in [0.15, 0.2) is 0 Å². The molecule has 1 heterocycles. The molecule has 1 aliphatic heterocycles. The highest BCUT2D eigenvalue weighted by atomic mass is 16.2. The minimum atomic E-state index is -0.0729. The van der Waals surface area contributed by atoms with E-state index in [2.05, 4.69) is 22.6 Å². The second-order valence-corrected chi connectivity index (χ2v) is 4.83. The van der Waals surface area contributed by atoms with E-state index >= 15 is 0 Å². The van der Waals surface area contributed by atoms with Gasteiger partial charge in [-0.2, -0.15) is 0 Å². The Kier molecular flexibility index (Phi) is 5.77. The number of amides is 1. The summed E-state index contributed by atoms with van der Waals surface area (Å²) in [6.45, 7) is 5.29. The second kappa shape index (κ2) is 6.86. The van der Waals surface area contributed by atoms with Crippen LogP contribution >= 0.6 is 0 Å². The van der Waals surface area contributed by atoms with Crippen LogP contribution < -0.4 is 10.6 Å². The first-order valence-corrected chi connectivity index (χ1v) is 6.27. The maximum atomic E-state index is 11.3. The van der Waals surface area contributed by atoms with E-state index in [1.165, 1.54) is 32.4 Å². The molecule has 2 N–H and O–H groups in total. The van der Waals surface area contributed by atoms with E-state index < -0.39 is 0 Å². The van der Waals surface area contributed by atoms with Gasteiger partial charge < -0.3 is 15.5 Å². The van der Waals surface area contributed by atoms with Gasteiger partial charge >= 0.3 is 0 Å². The number of likely N-dealkylation sites (tertiary alicyclic amines) is 1. The minimum absolute atomic E-state index is 0.0726. The zero-order valence-corrected chi connectivity index (χ0v) is 10.8. The van der Waals surface area contributed by atoms with E-state index in [1.54, 1.807) is 7.05 Å². The molecule has 16 heavy (non-hydrogen) atoms. The molecule has 94 valence electrons. The average Bonchev–Trinajstić information content (AvgIpc) is 2.30. The lowest BCUT2D eigenvalue weighted by Gasteiger charge is -2.29. The summed E-state index contributed by atoms with van der Waals surface area (Å²) in [5.41, 5.74) is 0. The van der Waals surface area contributed by atoms with Crippen molar-refractivity contribution in [3.63, 3.8) is 0 Å². The Hall–Kier alpha value is -0.610. The fourth-order valence-electron chi connectivity index (χ4n) is 2.16. The normalized spacial score (nSPS) is 20.7. The van der Waals surface area contributed by atoms with Crippen molar-refractivity contribution in [2.45, 2.75) is 32.2 Å². The van der Waals surface area contributed by atoms with Gasteiger partial charge in [-0.05, 0) is 58.8 Å². The van der Waals surface area contributed by atoms with Crippen molar-refractivity contribution in [2.24, 2.45) is 5.92 Å². The molecule has 1 unspecified atom stereocenters. The molecule has 4 heteroatoms. The monoisotopic (exact) mass is 227 g/mol. The van der Waals surface area contributed by atoms with E-state index in [9.17, 15) is 4.79 Å². The van der Waals surface area contributed by atoms with Gasteiger partial charge in [0.1, 0.15) is 0 Å².